The van der Waals surface area contributed by atoms with Gasteiger partial charge in [-0.1, -0.05) is 23.1 Å². The van der Waals surface area contributed by atoms with E-state index in [9.17, 15) is 4.79 Å². The minimum Gasteiger partial charge on any atom is -0.481 e. The van der Waals surface area contributed by atoms with Crippen molar-refractivity contribution in [3.8, 4) is 0 Å². The van der Waals surface area contributed by atoms with Crippen molar-refractivity contribution in [3.63, 3.8) is 0 Å². The second-order valence-corrected chi connectivity index (χ2v) is 3.85. The standard InChI is InChI=1S/C5H6N2O2S2/c1-10-5-7-6-3(11-5)2-4(8)9/h2H2,1H3,(H,8,9). The summed E-state index contributed by atoms with van der Waals surface area (Å²) in [7, 11) is 0. The van der Waals surface area contributed by atoms with Crippen LogP contribution in [0.5, 0.6) is 0 Å². The molecule has 0 bridgehead atoms. The van der Waals surface area contributed by atoms with Crippen LogP contribution in [0.15, 0.2) is 4.34 Å². The van der Waals surface area contributed by atoms with E-state index in [0.717, 1.165) is 4.34 Å². The average molecular weight is 190 g/mol. The number of hydrogen-bond donors (Lipinski definition) is 1. The third kappa shape index (κ3) is 2.47. The van der Waals surface area contributed by atoms with E-state index in [2.05, 4.69) is 10.2 Å². The predicted octanol–water partition coefficient (Wildman–Crippen LogP) is 0.887. The van der Waals surface area contributed by atoms with Gasteiger partial charge in [-0.05, 0) is 6.26 Å². The largest absolute Gasteiger partial charge is 0.481 e. The van der Waals surface area contributed by atoms with Gasteiger partial charge in [-0.2, -0.15) is 0 Å². The second kappa shape index (κ2) is 3.68. The molecule has 0 atom stereocenters. The summed E-state index contributed by atoms with van der Waals surface area (Å²) in [5.41, 5.74) is 0. The highest BCUT2D eigenvalue weighted by molar-refractivity contribution is 8.00. The number of carboxylic acid groups (broad SMARTS) is 1. The first-order chi connectivity index (χ1) is 5.22. The molecule has 11 heavy (non-hydrogen) atoms. The van der Waals surface area contributed by atoms with E-state index in [-0.39, 0.29) is 6.42 Å². The predicted molar refractivity (Wildman–Crippen MR) is 43.0 cm³/mol. The minimum atomic E-state index is -0.867. The zero-order chi connectivity index (χ0) is 8.27. The Hall–Kier alpha value is -0.620. The van der Waals surface area contributed by atoms with Crippen LogP contribution in [-0.2, 0) is 11.2 Å². The lowest BCUT2D eigenvalue weighted by molar-refractivity contribution is -0.136. The van der Waals surface area contributed by atoms with Crippen LogP contribution in [0.2, 0.25) is 0 Å². The molecule has 0 aliphatic carbocycles. The third-order valence-corrected chi connectivity index (χ3v) is 2.82. The summed E-state index contributed by atoms with van der Waals surface area (Å²) in [6, 6.07) is 0. The lowest BCUT2D eigenvalue weighted by Gasteiger charge is -1.83. The fraction of sp³-hybridized carbons (Fsp3) is 0.400. The molecule has 0 radical (unpaired) electrons. The van der Waals surface area contributed by atoms with Crippen molar-refractivity contribution < 1.29 is 9.90 Å². The number of carboxylic acids is 1. The first kappa shape index (κ1) is 8.48. The Kier molecular flexibility index (Phi) is 2.84. The van der Waals surface area contributed by atoms with E-state index in [1.54, 1.807) is 0 Å². The van der Waals surface area contributed by atoms with Crippen LogP contribution >= 0.6 is 23.1 Å². The molecule has 6 heteroatoms. The summed E-state index contributed by atoms with van der Waals surface area (Å²) in [4.78, 5) is 10.2. The van der Waals surface area contributed by atoms with Crippen molar-refractivity contribution in [2.75, 3.05) is 6.26 Å². The van der Waals surface area contributed by atoms with E-state index < -0.39 is 5.97 Å². The van der Waals surface area contributed by atoms with Crippen LogP contribution in [0.1, 0.15) is 5.01 Å². The van der Waals surface area contributed by atoms with Gasteiger partial charge in [0.1, 0.15) is 5.01 Å². The smallest absolute Gasteiger partial charge is 0.310 e. The highest BCUT2D eigenvalue weighted by atomic mass is 32.2. The molecule has 1 rings (SSSR count). The van der Waals surface area contributed by atoms with Crippen molar-refractivity contribution >= 4 is 29.1 Å². The zero-order valence-corrected chi connectivity index (χ0v) is 7.41. The lowest BCUT2D eigenvalue weighted by atomic mass is 10.5. The molecule has 0 aliphatic heterocycles. The first-order valence-electron chi connectivity index (χ1n) is 2.80. The van der Waals surface area contributed by atoms with Gasteiger partial charge < -0.3 is 5.11 Å². The Morgan fingerprint density at radius 1 is 1.73 bits per heavy atom. The van der Waals surface area contributed by atoms with Crippen LogP contribution in [0.25, 0.3) is 0 Å². The Bertz CT molecular complexity index is 261. The van der Waals surface area contributed by atoms with Crippen molar-refractivity contribution in [2.45, 2.75) is 10.8 Å². The fourth-order valence-electron chi connectivity index (χ4n) is 0.522. The Balaban J connectivity index is 2.65. The maximum atomic E-state index is 10.2. The van der Waals surface area contributed by atoms with Gasteiger partial charge in [-0.15, -0.1) is 10.2 Å². The molecule has 0 unspecified atom stereocenters. The zero-order valence-electron chi connectivity index (χ0n) is 5.77. The number of hydrogen-bond acceptors (Lipinski definition) is 5. The van der Waals surface area contributed by atoms with Crippen molar-refractivity contribution in [3.05, 3.63) is 5.01 Å². The highest BCUT2D eigenvalue weighted by Crippen LogP contribution is 2.19. The van der Waals surface area contributed by atoms with E-state index in [4.69, 9.17) is 5.11 Å². The Labute approximate surface area is 71.7 Å². The van der Waals surface area contributed by atoms with Gasteiger partial charge in [0.25, 0.3) is 0 Å². The molecule has 1 heterocycles. The summed E-state index contributed by atoms with van der Waals surface area (Å²) in [5.74, 6) is -0.867. The molecule has 0 aromatic carbocycles. The van der Waals surface area contributed by atoms with Gasteiger partial charge in [0.05, 0.1) is 6.42 Å². The second-order valence-electron chi connectivity index (χ2n) is 1.74. The van der Waals surface area contributed by atoms with Crippen LogP contribution < -0.4 is 0 Å². The van der Waals surface area contributed by atoms with Gasteiger partial charge in [-0.25, -0.2) is 0 Å². The molecule has 1 aromatic heterocycles. The monoisotopic (exact) mass is 190 g/mol. The van der Waals surface area contributed by atoms with Gasteiger partial charge in [0, 0.05) is 0 Å². The minimum absolute atomic E-state index is 0.0295. The van der Waals surface area contributed by atoms with Crippen molar-refractivity contribution in [2.24, 2.45) is 0 Å². The van der Waals surface area contributed by atoms with Crippen molar-refractivity contribution in [1.82, 2.24) is 10.2 Å². The van der Waals surface area contributed by atoms with Crippen LogP contribution in [0, 0.1) is 0 Å². The summed E-state index contributed by atoms with van der Waals surface area (Å²) >= 11 is 2.79. The van der Waals surface area contributed by atoms with Gasteiger partial charge >= 0.3 is 5.97 Å². The summed E-state index contributed by atoms with van der Waals surface area (Å²) in [6.45, 7) is 0. The topological polar surface area (TPSA) is 63.1 Å². The molecule has 0 saturated heterocycles. The molecule has 0 fully saturated rings. The first-order valence-corrected chi connectivity index (χ1v) is 4.84. The molecule has 0 saturated carbocycles. The summed E-state index contributed by atoms with van der Waals surface area (Å²) < 4.78 is 0.807. The SMILES string of the molecule is CSc1nnc(CC(=O)O)s1. The maximum absolute atomic E-state index is 10.2. The fourth-order valence-corrected chi connectivity index (χ4v) is 1.83. The number of nitrogens with zero attached hydrogens (tertiary/aromatic N) is 2. The van der Waals surface area contributed by atoms with E-state index in [1.165, 1.54) is 23.1 Å². The van der Waals surface area contributed by atoms with E-state index in [0.29, 0.717) is 5.01 Å². The quantitative estimate of drug-likeness (QED) is 0.717. The number of aliphatic carboxylic acids is 1. The van der Waals surface area contributed by atoms with Crippen LogP contribution in [-0.4, -0.2) is 27.5 Å². The normalized spacial score (nSPS) is 9.91. The number of thioether (sulfide) groups is 1. The summed E-state index contributed by atoms with van der Waals surface area (Å²) in [6.07, 6.45) is 1.85. The van der Waals surface area contributed by atoms with Gasteiger partial charge in [-0.3, -0.25) is 4.79 Å². The molecular formula is C5H6N2O2S2. The number of aromatic nitrogens is 2. The van der Waals surface area contributed by atoms with Gasteiger partial charge in [0.2, 0.25) is 0 Å². The Morgan fingerprint density at radius 2 is 2.45 bits per heavy atom. The Morgan fingerprint density at radius 3 is 2.91 bits per heavy atom. The lowest BCUT2D eigenvalue weighted by Crippen LogP contribution is -1.98. The molecule has 0 amide bonds. The molecule has 0 spiro atoms. The molecular weight excluding hydrogens is 184 g/mol. The number of rotatable bonds is 3. The van der Waals surface area contributed by atoms with E-state index >= 15 is 0 Å². The molecule has 1 N–H and O–H groups in total. The molecule has 4 nitrogen and oxygen atoms in total. The molecule has 0 aliphatic rings. The van der Waals surface area contributed by atoms with E-state index in [1.807, 2.05) is 6.26 Å². The van der Waals surface area contributed by atoms with Crippen LogP contribution in [0.3, 0.4) is 0 Å². The maximum Gasteiger partial charge on any atom is 0.310 e. The summed E-state index contributed by atoms with van der Waals surface area (Å²) in [5, 5.41) is 16.4. The number of carbonyl (C=O) groups is 1. The molecule has 60 valence electrons. The third-order valence-electron chi connectivity index (χ3n) is 0.925. The van der Waals surface area contributed by atoms with Crippen LogP contribution in [0.4, 0.5) is 0 Å². The highest BCUT2D eigenvalue weighted by Gasteiger charge is 2.06. The van der Waals surface area contributed by atoms with Crippen molar-refractivity contribution in [1.29, 1.82) is 0 Å². The van der Waals surface area contributed by atoms with Gasteiger partial charge in [0.15, 0.2) is 4.34 Å². The average Bonchev–Trinajstić information content (AvgIpc) is 2.34. The molecule has 1 aromatic rings.